The van der Waals surface area contributed by atoms with Crippen LogP contribution in [0.4, 0.5) is 11.4 Å². The monoisotopic (exact) mass is 214 g/mol. The quantitative estimate of drug-likeness (QED) is 0.358. The largest absolute Gasteiger partial charge is 0.483 e. The van der Waals surface area contributed by atoms with E-state index in [1.807, 2.05) is 6.26 Å². The Morgan fingerprint density at radius 1 is 1.64 bits per heavy atom. The number of hydrogen-bond donors (Lipinski definition) is 1. The smallest absolute Gasteiger partial charge is 0.295 e. The van der Waals surface area contributed by atoms with E-state index in [-0.39, 0.29) is 11.4 Å². The molecule has 0 fully saturated rings. The molecule has 1 rings (SSSR count). The minimum atomic E-state index is -0.527. The van der Waals surface area contributed by atoms with Gasteiger partial charge in [-0.3, -0.25) is 10.1 Å². The molecule has 0 amide bonds. The second-order valence-electron chi connectivity index (χ2n) is 2.53. The summed E-state index contributed by atoms with van der Waals surface area (Å²) in [7, 11) is 0. The van der Waals surface area contributed by atoms with Crippen molar-refractivity contribution in [1.29, 1.82) is 0 Å². The van der Waals surface area contributed by atoms with Crippen LogP contribution in [0.1, 0.15) is 0 Å². The van der Waals surface area contributed by atoms with Gasteiger partial charge in [-0.15, -0.1) is 11.8 Å². The van der Waals surface area contributed by atoms with Crippen molar-refractivity contribution in [3.63, 3.8) is 0 Å². The second-order valence-corrected chi connectivity index (χ2v) is 3.34. The van der Waals surface area contributed by atoms with Gasteiger partial charge in [-0.1, -0.05) is 0 Å². The molecule has 14 heavy (non-hydrogen) atoms. The molecule has 6 heteroatoms. The van der Waals surface area contributed by atoms with E-state index in [1.54, 1.807) is 6.07 Å². The van der Waals surface area contributed by atoms with Gasteiger partial charge in [0.25, 0.3) is 5.69 Å². The number of thioether (sulfide) groups is 1. The minimum Gasteiger partial charge on any atom is -0.483 e. The summed E-state index contributed by atoms with van der Waals surface area (Å²) in [5, 5.41) is 10.5. The number of anilines is 1. The van der Waals surface area contributed by atoms with E-state index in [9.17, 15) is 10.1 Å². The lowest BCUT2D eigenvalue weighted by Crippen LogP contribution is -1.97. The Morgan fingerprint density at radius 2 is 2.36 bits per heavy atom. The van der Waals surface area contributed by atoms with Crippen molar-refractivity contribution in [2.24, 2.45) is 0 Å². The van der Waals surface area contributed by atoms with E-state index in [2.05, 4.69) is 0 Å². The van der Waals surface area contributed by atoms with Crippen LogP contribution in [0.15, 0.2) is 18.2 Å². The maximum absolute atomic E-state index is 10.5. The van der Waals surface area contributed by atoms with Gasteiger partial charge in [-0.2, -0.15) is 0 Å². The first-order valence-corrected chi connectivity index (χ1v) is 5.20. The number of nitro groups is 1. The summed E-state index contributed by atoms with van der Waals surface area (Å²) >= 11 is 1.49. The van der Waals surface area contributed by atoms with Crippen molar-refractivity contribution in [3.8, 4) is 5.75 Å². The molecule has 0 unspecified atom stereocenters. The molecule has 0 aromatic heterocycles. The van der Waals surface area contributed by atoms with Crippen LogP contribution in [-0.4, -0.2) is 17.1 Å². The molecule has 0 saturated carbocycles. The van der Waals surface area contributed by atoms with Gasteiger partial charge < -0.3 is 10.5 Å². The van der Waals surface area contributed by atoms with E-state index in [1.165, 1.54) is 23.9 Å². The zero-order valence-electron chi connectivity index (χ0n) is 7.60. The summed E-state index contributed by atoms with van der Waals surface area (Å²) in [6, 6.07) is 4.40. The van der Waals surface area contributed by atoms with Crippen molar-refractivity contribution in [3.05, 3.63) is 28.3 Å². The number of benzene rings is 1. The molecule has 0 spiro atoms. The van der Waals surface area contributed by atoms with Crippen LogP contribution in [0.25, 0.3) is 0 Å². The number of hydrogen-bond acceptors (Lipinski definition) is 5. The summed E-state index contributed by atoms with van der Waals surface area (Å²) < 4.78 is 5.20. The fourth-order valence-electron chi connectivity index (χ4n) is 0.898. The summed E-state index contributed by atoms with van der Waals surface area (Å²) in [5.74, 6) is 0.918. The third kappa shape index (κ3) is 2.53. The molecular formula is C8H10N2O3S. The van der Waals surface area contributed by atoms with E-state index < -0.39 is 4.92 Å². The fraction of sp³-hybridized carbons (Fsp3) is 0.250. The highest BCUT2D eigenvalue weighted by Gasteiger charge is 2.12. The molecule has 0 atom stereocenters. The van der Waals surface area contributed by atoms with E-state index in [4.69, 9.17) is 10.5 Å². The maximum Gasteiger partial charge on any atom is 0.295 e. The molecular weight excluding hydrogens is 204 g/mol. The Balaban J connectivity index is 2.89. The molecule has 0 saturated heterocycles. The first kappa shape index (κ1) is 10.6. The van der Waals surface area contributed by atoms with Gasteiger partial charge in [0.15, 0.2) is 0 Å². The van der Waals surface area contributed by atoms with Crippen molar-refractivity contribution in [1.82, 2.24) is 0 Å². The van der Waals surface area contributed by atoms with Crippen molar-refractivity contribution < 1.29 is 9.66 Å². The highest BCUT2D eigenvalue weighted by molar-refractivity contribution is 7.98. The first-order chi connectivity index (χ1) is 6.65. The lowest BCUT2D eigenvalue weighted by atomic mass is 10.2. The minimum absolute atomic E-state index is 0.122. The SMILES string of the molecule is CSCOc1ccc(N)c([N+](=O)[O-])c1. The Morgan fingerprint density at radius 3 is 2.93 bits per heavy atom. The molecule has 0 heterocycles. The number of nitrogen functional groups attached to an aromatic ring is 1. The average Bonchev–Trinajstić information content (AvgIpc) is 2.16. The Hall–Kier alpha value is -1.43. The lowest BCUT2D eigenvalue weighted by Gasteiger charge is -2.04. The second kappa shape index (κ2) is 4.71. The van der Waals surface area contributed by atoms with Gasteiger partial charge in [0, 0.05) is 0 Å². The number of rotatable bonds is 4. The molecule has 0 radical (unpaired) electrons. The highest BCUT2D eigenvalue weighted by Crippen LogP contribution is 2.26. The summed E-state index contributed by atoms with van der Waals surface area (Å²) in [6.07, 6.45) is 1.88. The Labute approximate surface area is 85.4 Å². The first-order valence-electron chi connectivity index (χ1n) is 3.81. The molecule has 5 nitrogen and oxygen atoms in total. The molecule has 0 aliphatic rings. The zero-order valence-corrected chi connectivity index (χ0v) is 8.41. The van der Waals surface area contributed by atoms with E-state index in [0.29, 0.717) is 11.7 Å². The van der Waals surface area contributed by atoms with Crippen LogP contribution in [0, 0.1) is 10.1 Å². The molecule has 76 valence electrons. The predicted molar refractivity (Wildman–Crippen MR) is 56.5 cm³/mol. The van der Waals surface area contributed by atoms with E-state index >= 15 is 0 Å². The third-order valence-corrected chi connectivity index (χ3v) is 1.90. The lowest BCUT2D eigenvalue weighted by molar-refractivity contribution is -0.384. The van der Waals surface area contributed by atoms with Crippen molar-refractivity contribution >= 4 is 23.1 Å². The van der Waals surface area contributed by atoms with Gasteiger partial charge >= 0.3 is 0 Å². The van der Waals surface area contributed by atoms with Crippen LogP contribution < -0.4 is 10.5 Å². The van der Waals surface area contributed by atoms with Gasteiger partial charge in [-0.05, 0) is 18.4 Å². The topological polar surface area (TPSA) is 78.4 Å². The normalized spacial score (nSPS) is 9.79. The number of nitrogens with two attached hydrogens (primary N) is 1. The maximum atomic E-state index is 10.5. The summed E-state index contributed by atoms with van der Waals surface area (Å²) in [5.41, 5.74) is 5.44. The molecule has 0 aliphatic carbocycles. The van der Waals surface area contributed by atoms with Gasteiger partial charge in [-0.25, -0.2) is 0 Å². The van der Waals surface area contributed by atoms with Crippen molar-refractivity contribution in [2.75, 3.05) is 17.9 Å². The molecule has 1 aromatic carbocycles. The highest BCUT2D eigenvalue weighted by atomic mass is 32.2. The number of nitro benzene ring substituents is 1. The predicted octanol–water partition coefficient (Wildman–Crippen LogP) is 1.88. The van der Waals surface area contributed by atoms with Crippen molar-refractivity contribution in [2.45, 2.75) is 0 Å². The van der Waals surface area contributed by atoms with Crippen LogP contribution >= 0.6 is 11.8 Å². The van der Waals surface area contributed by atoms with Crippen LogP contribution in [0.3, 0.4) is 0 Å². The molecule has 0 bridgehead atoms. The van der Waals surface area contributed by atoms with Gasteiger partial charge in [0.05, 0.1) is 11.0 Å². The Kier molecular flexibility index (Phi) is 3.58. The number of ether oxygens (including phenoxy) is 1. The fourth-order valence-corrected chi connectivity index (χ4v) is 1.15. The standard InChI is InChI=1S/C8H10N2O3S/c1-14-5-13-6-2-3-7(9)8(4-6)10(11)12/h2-4H,5,9H2,1H3. The summed E-state index contributed by atoms with van der Waals surface area (Å²) in [6.45, 7) is 0. The average molecular weight is 214 g/mol. The van der Waals surface area contributed by atoms with Crippen LogP contribution in [0.5, 0.6) is 5.75 Å². The van der Waals surface area contributed by atoms with E-state index in [0.717, 1.165) is 0 Å². The Bertz CT molecular complexity index is 343. The molecule has 1 aromatic rings. The zero-order chi connectivity index (χ0) is 10.6. The summed E-state index contributed by atoms with van der Waals surface area (Å²) in [4.78, 5) is 9.99. The molecule has 2 N–H and O–H groups in total. The van der Waals surface area contributed by atoms with Crippen LogP contribution in [-0.2, 0) is 0 Å². The van der Waals surface area contributed by atoms with Gasteiger partial charge in [0.1, 0.15) is 17.4 Å². The number of nitrogens with zero attached hydrogens (tertiary/aromatic N) is 1. The third-order valence-electron chi connectivity index (χ3n) is 1.54. The van der Waals surface area contributed by atoms with Gasteiger partial charge in [0.2, 0.25) is 0 Å². The van der Waals surface area contributed by atoms with Crippen LogP contribution in [0.2, 0.25) is 0 Å². The molecule has 0 aliphatic heterocycles.